The molecule has 0 saturated carbocycles. The molecular formula is C14H16N2O. The highest BCUT2D eigenvalue weighted by Crippen LogP contribution is 2.26. The number of aromatic nitrogens is 1. The number of rotatable bonds is 2. The van der Waals surface area contributed by atoms with Crippen molar-refractivity contribution in [2.24, 2.45) is 0 Å². The third-order valence-electron chi connectivity index (χ3n) is 3.26. The first-order valence-corrected chi connectivity index (χ1v) is 6.15. The Morgan fingerprint density at radius 1 is 1.24 bits per heavy atom. The molecule has 3 rings (SSSR count). The second-order valence-corrected chi connectivity index (χ2v) is 4.49. The quantitative estimate of drug-likeness (QED) is 0.859. The number of piperidine rings is 1. The van der Waals surface area contributed by atoms with E-state index >= 15 is 0 Å². The number of benzene rings is 1. The zero-order valence-corrected chi connectivity index (χ0v) is 9.73. The zero-order chi connectivity index (χ0) is 11.5. The summed E-state index contributed by atoms with van der Waals surface area (Å²) in [6.45, 7) is 2.14. The van der Waals surface area contributed by atoms with Gasteiger partial charge in [-0.1, -0.05) is 18.2 Å². The van der Waals surface area contributed by atoms with Crippen molar-refractivity contribution >= 4 is 0 Å². The smallest absolute Gasteiger partial charge is 0.226 e. The highest BCUT2D eigenvalue weighted by molar-refractivity contribution is 5.52. The molecule has 0 aliphatic carbocycles. The Kier molecular flexibility index (Phi) is 2.92. The Hall–Kier alpha value is -1.61. The van der Waals surface area contributed by atoms with Gasteiger partial charge in [0, 0.05) is 18.0 Å². The molecule has 1 atom stereocenters. The molecule has 1 aliphatic rings. The lowest BCUT2D eigenvalue weighted by Gasteiger charge is -2.20. The van der Waals surface area contributed by atoms with Crippen molar-refractivity contribution < 1.29 is 4.42 Å². The fourth-order valence-corrected chi connectivity index (χ4v) is 2.29. The van der Waals surface area contributed by atoms with Crippen LogP contribution in [0.2, 0.25) is 0 Å². The number of nitrogens with zero attached hydrogens (tertiary/aromatic N) is 1. The summed E-state index contributed by atoms with van der Waals surface area (Å²) in [5, 5.41) is 3.40. The number of nitrogens with one attached hydrogen (secondary N) is 1. The van der Waals surface area contributed by atoms with Gasteiger partial charge in [-0.3, -0.25) is 0 Å². The molecular weight excluding hydrogens is 212 g/mol. The van der Waals surface area contributed by atoms with Crippen molar-refractivity contribution in [3.63, 3.8) is 0 Å². The topological polar surface area (TPSA) is 38.1 Å². The van der Waals surface area contributed by atoms with Crippen LogP contribution in [0.15, 0.2) is 41.0 Å². The lowest BCUT2D eigenvalue weighted by Crippen LogP contribution is -2.28. The minimum Gasteiger partial charge on any atom is -0.444 e. The second-order valence-electron chi connectivity index (χ2n) is 4.49. The van der Waals surface area contributed by atoms with Gasteiger partial charge in [-0.2, -0.15) is 0 Å². The molecule has 1 aromatic carbocycles. The van der Waals surface area contributed by atoms with E-state index in [1.54, 1.807) is 6.26 Å². The molecule has 1 N–H and O–H groups in total. The number of hydrogen-bond acceptors (Lipinski definition) is 3. The van der Waals surface area contributed by atoms with Crippen LogP contribution in [-0.4, -0.2) is 18.1 Å². The third-order valence-corrected chi connectivity index (χ3v) is 3.26. The van der Waals surface area contributed by atoms with E-state index in [9.17, 15) is 0 Å². The van der Waals surface area contributed by atoms with E-state index in [0.717, 1.165) is 30.2 Å². The van der Waals surface area contributed by atoms with E-state index < -0.39 is 0 Å². The summed E-state index contributed by atoms with van der Waals surface area (Å²) in [6.07, 6.45) is 4.23. The molecule has 1 aliphatic heterocycles. The number of oxazole rings is 1. The van der Waals surface area contributed by atoms with Crippen LogP contribution in [0.4, 0.5) is 0 Å². The molecule has 1 fully saturated rings. The van der Waals surface area contributed by atoms with Crippen LogP contribution in [0.5, 0.6) is 0 Å². The maximum absolute atomic E-state index is 5.57. The average Bonchev–Trinajstić information content (AvgIpc) is 2.90. The van der Waals surface area contributed by atoms with Crippen molar-refractivity contribution in [2.45, 2.75) is 18.8 Å². The van der Waals surface area contributed by atoms with Crippen LogP contribution in [0.3, 0.4) is 0 Å². The summed E-state index contributed by atoms with van der Waals surface area (Å²) in [7, 11) is 0. The maximum Gasteiger partial charge on any atom is 0.226 e. The first-order chi connectivity index (χ1) is 8.43. The normalized spacial score (nSPS) is 20.4. The molecule has 0 radical (unpaired) electrons. The van der Waals surface area contributed by atoms with Crippen molar-refractivity contribution in [3.8, 4) is 11.5 Å². The summed E-state index contributed by atoms with van der Waals surface area (Å²) in [4.78, 5) is 4.60. The summed E-state index contributed by atoms with van der Waals surface area (Å²) in [5.41, 5.74) is 2.12. The molecule has 17 heavy (non-hydrogen) atoms. The molecule has 3 heteroatoms. The Labute approximate surface area is 101 Å². The minimum atomic E-state index is 0.505. The van der Waals surface area contributed by atoms with Gasteiger partial charge in [0.15, 0.2) is 0 Å². The third kappa shape index (κ3) is 2.24. The van der Waals surface area contributed by atoms with Crippen molar-refractivity contribution in [3.05, 3.63) is 42.3 Å². The van der Waals surface area contributed by atoms with Crippen LogP contribution < -0.4 is 5.32 Å². The monoisotopic (exact) mass is 228 g/mol. The van der Waals surface area contributed by atoms with E-state index in [1.165, 1.54) is 12.8 Å². The van der Waals surface area contributed by atoms with Gasteiger partial charge in [0.1, 0.15) is 6.26 Å². The summed E-state index contributed by atoms with van der Waals surface area (Å²) >= 11 is 0. The molecule has 2 aromatic rings. The van der Waals surface area contributed by atoms with Gasteiger partial charge in [0.2, 0.25) is 5.89 Å². The zero-order valence-electron chi connectivity index (χ0n) is 9.73. The number of hydrogen-bond donors (Lipinski definition) is 1. The molecule has 88 valence electrons. The van der Waals surface area contributed by atoms with Gasteiger partial charge in [0.25, 0.3) is 0 Å². The first kappa shape index (κ1) is 10.5. The van der Waals surface area contributed by atoms with Crippen molar-refractivity contribution in [1.29, 1.82) is 0 Å². The van der Waals surface area contributed by atoms with E-state index in [-0.39, 0.29) is 0 Å². The fraction of sp³-hybridized carbons (Fsp3) is 0.357. The SMILES string of the molecule is c1ccc(-c2nc(C3CCCNC3)co2)cc1. The lowest BCUT2D eigenvalue weighted by molar-refractivity contribution is 0.453. The fourth-order valence-electron chi connectivity index (χ4n) is 2.29. The van der Waals surface area contributed by atoms with Gasteiger partial charge in [0.05, 0.1) is 5.69 Å². The van der Waals surface area contributed by atoms with Crippen LogP contribution in [-0.2, 0) is 0 Å². The van der Waals surface area contributed by atoms with Gasteiger partial charge >= 0.3 is 0 Å². The predicted molar refractivity (Wildman–Crippen MR) is 66.8 cm³/mol. The van der Waals surface area contributed by atoms with Crippen molar-refractivity contribution in [1.82, 2.24) is 10.3 Å². The first-order valence-electron chi connectivity index (χ1n) is 6.15. The molecule has 0 bridgehead atoms. The Bertz CT molecular complexity index is 472. The highest BCUT2D eigenvalue weighted by Gasteiger charge is 2.19. The average molecular weight is 228 g/mol. The molecule has 2 heterocycles. The predicted octanol–water partition coefficient (Wildman–Crippen LogP) is 2.81. The van der Waals surface area contributed by atoms with E-state index in [0.29, 0.717) is 5.92 Å². The van der Waals surface area contributed by atoms with Crippen molar-refractivity contribution in [2.75, 3.05) is 13.1 Å². The van der Waals surface area contributed by atoms with Crippen LogP contribution in [0.1, 0.15) is 24.5 Å². The Morgan fingerprint density at radius 3 is 2.88 bits per heavy atom. The molecule has 3 nitrogen and oxygen atoms in total. The van der Waals surface area contributed by atoms with Gasteiger partial charge in [-0.15, -0.1) is 0 Å². The maximum atomic E-state index is 5.57. The van der Waals surface area contributed by atoms with Gasteiger partial charge < -0.3 is 9.73 Å². The summed E-state index contributed by atoms with van der Waals surface area (Å²) < 4.78 is 5.57. The van der Waals surface area contributed by atoms with E-state index in [2.05, 4.69) is 10.3 Å². The largest absolute Gasteiger partial charge is 0.444 e. The molecule has 1 saturated heterocycles. The molecule has 1 aromatic heterocycles. The summed E-state index contributed by atoms with van der Waals surface area (Å²) in [6, 6.07) is 10.0. The van der Waals surface area contributed by atoms with Crippen LogP contribution >= 0.6 is 0 Å². The van der Waals surface area contributed by atoms with E-state index in [4.69, 9.17) is 4.42 Å². The Morgan fingerprint density at radius 2 is 2.12 bits per heavy atom. The molecule has 0 amide bonds. The Balaban J connectivity index is 1.83. The standard InChI is InChI=1S/C14H16N2O/c1-2-5-11(6-3-1)14-16-13(10-17-14)12-7-4-8-15-9-12/h1-3,5-6,10,12,15H,4,7-9H2. The lowest BCUT2D eigenvalue weighted by atomic mass is 9.97. The van der Waals surface area contributed by atoms with Crippen LogP contribution in [0.25, 0.3) is 11.5 Å². The van der Waals surface area contributed by atoms with Gasteiger partial charge in [-0.25, -0.2) is 4.98 Å². The summed E-state index contributed by atoms with van der Waals surface area (Å²) in [5.74, 6) is 1.23. The molecule has 0 spiro atoms. The minimum absolute atomic E-state index is 0.505. The highest BCUT2D eigenvalue weighted by atomic mass is 16.3. The van der Waals surface area contributed by atoms with Crippen LogP contribution in [0, 0.1) is 0 Å². The molecule has 1 unspecified atom stereocenters. The van der Waals surface area contributed by atoms with E-state index in [1.807, 2.05) is 30.3 Å². The van der Waals surface area contributed by atoms with Gasteiger partial charge in [-0.05, 0) is 31.5 Å². The second kappa shape index (κ2) is 4.72.